The lowest BCUT2D eigenvalue weighted by molar-refractivity contribution is 0.112. The van der Waals surface area contributed by atoms with Crippen molar-refractivity contribution in [1.29, 1.82) is 0 Å². The first-order chi connectivity index (χ1) is 6.33. The molecule has 0 aliphatic rings. The molecule has 0 spiro atoms. The molecular formula is C10H7NO2. The van der Waals surface area contributed by atoms with E-state index in [-0.39, 0.29) is 5.75 Å². The van der Waals surface area contributed by atoms with Gasteiger partial charge in [-0.15, -0.1) is 0 Å². The number of phenols is 1. The van der Waals surface area contributed by atoms with Gasteiger partial charge in [-0.2, -0.15) is 0 Å². The highest BCUT2D eigenvalue weighted by atomic mass is 16.3. The van der Waals surface area contributed by atoms with Gasteiger partial charge in [-0.1, -0.05) is 12.1 Å². The Bertz CT molecular complexity index is 465. The maximum absolute atomic E-state index is 10.6. The third kappa shape index (κ3) is 1.14. The number of carbonyl (C=O) groups excluding carboxylic acids is 1. The van der Waals surface area contributed by atoms with Gasteiger partial charge >= 0.3 is 0 Å². The Balaban J connectivity index is 2.92. The zero-order chi connectivity index (χ0) is 9.26. The number of benzene rings is 1. The first-order valence-electron chi connectivity index (χ1n) is 3.85. The van der Waals surface area contributed by atoms with Crippen molar-refractivity contribution in [2.24, 2.45) is 0 Å². The molecule has 3 heteroatoms. The standard InChI is InChI=1S/C10H7NO2/c12-6-9-7-2-1-3-10(13)8(7)4-5-11-9/h1-6,13H. The lowest BCUT2D eigenvalue weighted by Crippen LogP contribution is -1.87. The summed E-state index contributed by atoms with van der Waals surface area (Å²) in [7, 11) is 0. The van der Waals surface area contributed by atoms with Crippen molar-refractivity contribution in [1.82, 2.24) is 4.98 Å². The van der Waals surface area contributed by atoms with E-state index in [1.165, 1.54) is 6.20 Å². The minimum absolute atomic E-state index is 0.169. The van der Waals surface area contributed by atoms with Crippen LogP contribution in [0.4, 0.5) is 0 Å². The van der Waals surface area contributed by atoms with Crippen molar-refractivity contribution in [3.8, 4) is 5.75 Å². The number of pyridine rings is 1. The van der Waals surface area contributed by atoms with Gasteiger partial charge < -0.3 is 5.11 Å². The van der Waals surface area contributed by atoms with Crippen LogP contribution < -0.4 is 0 Å². The fourth-order valence-corrected chi connectivity index (χ4v) is 1.31. The summed E-state index contributed by atoms with van der Waals surface area (Å²) in [6.07, 6.45) is 2.19. The highest BCUT2D eigenvalue weighted by Gasteiger charge is 2.03. The van der Waals surface area contributed by atoms with Gasteiger partial charge in [0, 0.05) is 17.0 Å². The van der Waals surface area contributed by atoms with Gasteiger partial charge in [0.25, 0.3) is 0 Å². The molecule has 0 atom stereocenters. The third-order valence-electron chi connectivity index (χ3n) is 1.93. The van der Waals surface area contributed by atoms with Gasteiger partial charge in [0.2, 0.25) is 0 Å². The fourth-order valence-electron chi connectivity index (χ4n) is 1.31. The summed E-state index contributed by atoms with van der Waals surface area (Å²) in [5.41, 5.74) is 0.355. The first kappa shape index (κ1) is 7.73. The summed E-state index contributed by atoms with van der Waals surface area (Å²) in [5, 5.41) is 10.8. The van der Waals surface area contributed by atoms with Crippen molar-refractivity contribution in [2.75, 3.05) is 0 Å². The number of nitrogens with zero attached hydrogens (tertiary/aromatic N) is 1. The molecule has 1 heterocycles. The smallest absolute Gasteiger partial charge is 0.169 e. The lowest BCUT2D eigenvalue weighted by Gasteiger charge is -2.00. The van der Waals surface area contributed by atoms with E-state index in [2.05, 4.69) is 4.98 Å². The van der Waals surface area contributed by atoms with Gasteiger partial charge in [-0.25, -0.2) is 0 Å². The highest BCUT2D eigenvalue weighted by Crippen LogP contribution is 2.24. The fraction of sp³-hybridized carbons (Fsp3) is 0. The van der Waals surface area contributed by atoms with Crippen LogP contribution in [0.15, 0.2) is 30.5 Å². The Morgan fingerprint density at radius 2 is 2.08 bits per heavy atom. The number of phenolic OH excluding ortho intramolecular Hbond substituents is 1. The minimum Gasteiger partial charge on any atom is -0.507 e. The minimum atomic E-state index is 0.169. The lowest BCUT2D eigenvalue weighted by atomic mass is 10.1. The molecule has 0 unspecified atom stereocenters. The molecule has 0 radical (unpaired) electrons. The van der Waals surface area contributed by atoms with Crippen LogP contribution in [0.3, 0.4) is 0 Å². The number of carbonyl (C=O) groups is 1. The summed E-state index contributed by atoms with van der Waals surface area (Å²) < 4.78 is 0. The van der Waals surface area contributed by atoms with E-state index in [4.69, 9.17) is 0 Å². The van der Waals surface area contributed by atoms with Crippen LogP contribution in [0.5, 0.6) is 5.75 Å². The van der Waals surface area contributed by atoms with Crippen LogP contribution in [0.1, 0.15) is 10.5 Å². The normalized spacial score (nSPS) is 10.2. The molecule has 0 bridgehead atoms. The maximum atomic E-state index is 10.6. The molecule has 0 saturated carbocycles. The van der Waals surface area contributed by atoms with E-state index < -0.39 is 0 Å². The number of aldehydes is 1. The van der Waals surface area contributed by atoms with Gasteiger partial charge in [0.15, 0.2) is 6.29 Å². The Hall–Kier alpha value is -1.90. The average molecular weight is 173 g/mol. The second-order valence-corrected chi connectivity index (χ2v) is 2.69. The van der Waals surface area contributed by atoms with E-state index >= 15 is 0 Å². The molecule has 0 fully saturated rings. The SMILES string of the molecule is O=Cc1nccc2c(O)cccc12. The number of aromatic hydroxyl groups is 1. The van der Waals surface area contributed by atoms with E-state index in [1.807, 2.05) is 0 Å². The van der Waals surface area contributed by atoms with Crippen LogP contribution in [-0.4, -0.2) is 16.4 Å². The second kappa shape index (κ2) is 2.86. The molecule has 3 nitrogen and oxygen atoms in total. The van der Waals surface area contributed by atoms with E-state index in [1.54, 1.807) is 24.3 Å². The topological polar surface area (TPSA) is 50.2 Å². The van der Waals surface area contributed by atoms with Crippen LogP contribution >= 0.6 is 0 Å². The first-order valence-corrected chi connectivity index (χ1v) is 3.85. The Morgan fingerprint density at radius 1 is 1.23 bits per heavy atom. The van der Waals surface area contributed by atoms with Crippen LogP contribution in [0, 0.1) is 0 Å². The monoisotopic (exact) mass is 173 g/mol. The Labute approximate surface area is 74.7 Å². The largest absolute Gasteiger partial charge is 0.507 e. The van der Waals surface area contributed by atoms with Gasteiger partial charge in [0.05, 0.1) is 0 Å². The predicted molar refractivity (Wildman–Crippen MR) is 48.8 cm³/mol. The van der Waals surface area contributed by atoms with E-state index in [0.717, 1.165) is 0 Å². The molecule has 2 aromatic rings. The Morgan fingerprint density at radius 3 is 2.85 bits per heavy atom. The molecule has 2 rings (SSSR count). The molecule has 0 aliphatic heterocycles. The van der Waals surface area contributed by atoms with Crippen molar-refractivity contribution in [3.63, 3.8) is 0 Å². The average Bonchev–Trinajstić information content (AvgIpc) is 2.18. The van der Waals surface area contributed by atoms with Crippen molar-refractivity contribution in [3.05, 3.63) is 36.2 Å². The summed E-state index contributed by atoms with van der Waals surface area (Å²) in [5.74, 6) is 0.169. The molecule has 1 N–H and O–H groups in total. The number of rotatable bonds is 1. The predicted octanol–water partition coefficient (Wildman–Crippen LogP) is 1.75. The number of hydrogen-bond donors (Lipinski definition) is 1. The Kier molecular flexibility index (Phi) is 1.70. The van der Waals surface area contributed by atoms with Gasteiger partial charge in [-0.05, 0) is 12.1 Å². The zero-order valence-electron chi connectivity index (χ0n) is 6.77. The molecular weight excluding hydrogens is 166 g/mol. The second-order valence-electron chi connectivity index (χ2n) is 2.69. The zero-order valence-corrected chi connectivity index (χ0v) is 6.77. The van der Waals surface area contributed by atoms with Crippen LogP contribution in [0.2, 0.25) is 0 Å². The highest BCUT2D eigenvalue weighted by molar-refractivity contribution is 5.98. The summed E-state index contributed by atoms with van der Waals surface area (Å²) in [4.78, 5) is 14.5. The summed E-state index contributed by atoms with van der Waals surface area (Å²) >= 11 is 0. The molecule has 13 heavy (non-hydrogen) atoms. The van der Waals surface area contributed by atoms with E-state index in [0.29, 0.717) is 22.8 Å². The molecule has 0 amide bonds. The van der Waals surface area contributed by atoms with Crippen molar-refractivity contribution < 1.29 is 9.90 Å². The number of hydrogen-bond acceptors (Lipinski definition) is 3. The van der Waals surface area contributed by atoms with Gasteiger partial charge in [-0.3, -0.25) is 9.78 Å². The molecule has 0 aliphatic carbocycles. The van der Waals surface area contributed by atoms with E-state index in [9.17, 15) is 9.90 Å². The maximum Gasteiger partial charge on any atom is 0.169 e. The van der Waals surface area contributed by atoms with Crippen LogP contribution in [-0.2, 0) is 0 Å². The quantitative estimate of drug-likeness (QED) is 0.668. The summed E-state index contributed by atoms with van der Waals surface area (Å²) in [6, 6.07) is 6.70. The summed E-state index contributed by atoms with van der Waals surface area (Å²) in [6.45, 7) is 0. The molecule has 0 saturated heterocycles. The third-order valence-corrected chi connectivity index (χ3v) is 1.93. The van der Waals surface area contributed by atoms with Crippen molar-refractivity contribution >= 4 is 17.1 Å². The van der Waals surface area contributed by atoms with Crippen LogP contribution in [0.25, 0.3) is 10.8 Å². The number of fused-ring (bicyclic) bond motifs is 1. The molecule has 64 valence electrons. The van der Waals surface area contributed by atoms with Crippen molar-refractivity contribution in [2.45, 2.75) is 0 Å². The van der Waals surface area contributed by atoms with Gasteiger partial charge in [0.1, 0.15) is 11.4 Å². The molecule has 1 aromatic heterocycles. The number of aromatic nitrogens is 1. The molecule has 1 aromatic carbocycles.